The van der Waals surface area contributed by atoms with Gasteiger partial charge in [0.25, 0.3) is 0 Å². The summed E-state index contributed by atoms with van der Waals surface area (Å²) in [5.74, 6) is 1.81. The van der Waals surface area contributed by atoms with Gasteiger partial charge in [0.2, 0.25) is 12.7 Å². The zero-order valence-corrected chi connectivity index (χ0v) is 14.6. The summed E-state index contributed by atoms with van der Waals surface area (Å²) in [4.78, 5) is 20.0. The number of rotatable bonds is 4. The average Bonchev–Trinajstić information content (AvgIpc) is 3.27. The third-order valence-corrected chi connectivity index (χ3v) is 5.32. The van der Waals surface area contributed by atoms with E-state index in [4.69, 9.17) is 14.3 Å². The Kier molecular flexibility index (Phi) is 4.27. The van der Waals surface area contributed by atoms with Crippen LogP contribution >= 0.6 is 0 Å². The normalized spacial score (nSPS) is 20.5. The molecular formula is C19H24N2O4. The van der Waals surface area contributed by atoms with E-state index in [0.29, 0.717) is 6.42 Å². The summed E-state index contributed by atoms with van der Waals surface area (Å²) >= 11 is 0. The van der Waals surface area contributed by atoms with Crippen molar-refractivity contribution in [3.8, 4) is 11.5 Å². The van der Waals surface area contributed by atoms with E-state index in [1.807, 2.05) is 23.1 Å². The smallest absolute Gasteiger partial charge is 0.231 e. The highest BCUT2D eigenvalue weighted by atomic mass is 16.7. The van der Waals surface area contributed by atoms with Crippen molar-refractivity contribution in [2.75, 3.05) is 19.9 Å². The molecule has 3 aliphatic rings. The summed E-state index contributed by atoms with van der Waals surface area (Å²) in [7, 11) is 0. The van der Waals surface area contributed by atoms with Crippen molar-refractivity contribution in [2.45, 2.75) is 51.0 Å². The highest BCUT2D eigenvalue weighted by Crippen LogP contribution is 2.38. The predicted molar refractivity (Wildman–Crippen MR) is 92.9 cm³/mol. The molecule has 0 bridgehead atoms. The van der Waals surface area contributed by atoms with Crippen molar-refractivity contribution in [1.82, 2.24) is 4.90 Å². The topological polar surface area (TPSA) is 60.4 Å². The molecular weight excluding hydrogens is 320 g/mol. The SMILES string of the molecule is CCCCC(=O)N1CCC2(CC1)CC(c1ccc3c(c1)OCO3)=NO2. The van der Waals surface area contributed by atoms with Crippen LogP contribution in [0.3, 0.4) is 0 Å². The fourth-order valence-electron chi connectivity index (χ4n) is 3.67. The molecule has 6 heteroatoms. The summed E-state index contributed by atoms with van der Waals surface area (Å²) < 4.78 is 10.8. The van der Waals surface area contributed by atoms with E-state index in [-0.39, 0.29) is 18.3 Å². The lowest BCUT2D eigenvalue weighted by atomic mass is 9.85. The Morgan fingerprint density at radius 2 is 2.04 bits per heavy atom. The second kappa shape index (κ2) is 6.58. The molecule has 0 N–H and O–H groups in total. The summed E-state index contributed by atoms with van der Waals surface area (Å²) in [6.45, 7) is 3.90. The number of likely N-dealkylation sites (tertiary alicyclic amines) is 1. The van der Waals surface area contributed by atoms with Crippen molar-refractivity contribution in [2.24, 2.45) is 5.16 Å². The first-order chi connectivity index (χ1) is 12.2. The number of unbranched alkanes of at least 4 members (excludes halogenated alkanes) is 1. The number of carbonyl (C=O) groups is 1. The number of ether oxygens (including phenoxy) is 2. The first-order valence-electron chi connectivity index (χ1n) is 9.12. The third kappa shape index (κ3) is 3.17. The lowest BCUT2D eigenvalue weighted by molar-refractivity contribution is -0.137. The predicted octanol–water partition coefficient (Wildman–Crippen LogP) is 3.09. The van der Waals surface area contributed by atoms with Gasteiger partial charge in [0, 0.05) is 44.3 Å². The highest BCUT2D eigenvalue weighted by Gasteiger charge is 2.43. The van der Waals surface area contributed by atoms with Crippen LogP contribution in [0.1, 0.15) is 51.0 Å². The van der Waals surface area contributed by atoms with E-state index in [0.717, 1.165) is 68.0 Å². The lowest BCUT2D eigenvalue weighted by Gasteiger charge is -2.37. The number of nitrogens with zero attached hydrogens (tertiary/aromatic N) is 2. The molecule has 0 atom stereocenters. The molecule has 1 aromatic rings. The van der Waals surface area contributed by atoms with E-state index in [2.05, 4.69) is 12.1 Å². The van der Waals surface area contributed by atoms with Crippen molar-refractivity contribution < 1.29 is 19.1 Å². The Hall–Kier alpha value is -2.24. The Labute approximate surface area is 147 Å². The maximum atomic E-state index is 12.2. The van der Waals surface area contributed by atoms with Gasteiger partial charge in [-0.25, -0.2) is 0 Å². The van der Waals surface area contributed by atoms with Crippen molar-refractivity contribution in [1.29, 1.82) is 0 Å². The van der Waals surface area contributed by atoms with Crippen LogP contribution in [0.2, 0.25) is 0 Å². The fourth-order valence-corrected chi connectivity index (χ4v) is 3.67. The number of carbonyl (C=O) groups excluding carboxylic acids is 1. The van der Waals surface area contributed by atoms with Gasteiger partial charge in [-0.15, -0.1) is 0 Å². The molecule has 1 saturated heterocycles. The molecule has 1 fully saturated rings. The number of benzene rings is 1. The molecule has 0 aliphatic carbocycles. The molecule has 0 saturated carbocycles. The van der Waals surface area contributed by atoms with E-state index in [1.54, 1.807) is 0 Å². The number of fused-ring (bicyclic) bond motifs is 1. The van der Waals surface area contributed by atoms with Crippen LogP contribution in [0, 0.1) is 0 Å². The van der Waals surface area contributed by atoms with Crippen LogP contribution in [0.5, 0.6) is 11.5 Å². The molecule has 1 aromatic carbocycles. The van der Waals surface area contributed by atoms with E-state index in [9.17, 15) is 4.79 Å². The minimum Gasteiger partial charge on any atom is -0.454 e. The Morgan fingerprint density at radius 1 is 1.24 bits per heavy atom. The highest BCUT2D eigenvalue weighted by molar-refractivity contribution is 6.02. The third-order valence-electron chi connectivity index (χ3n) is 5.32. The van der Waals surface area contributed by atoms with Crippen LogP contribution in [0.25, 0.3) is 0 Å². The molecule has 134 valence electrons. The largest absolute Gasteiger partial charge is 0.454 e. The molecule has 6 nitrogen and oxygen atoms in total. The van der Waals surface area contributed by atoms with Gasteiger partial charge in [0.05, 0.1) is 5.71 Å². The van der Waals surface area contributed by atoms with Crippen molar-refractivity contribution in [3.05, 3.63) is 23.8 Å². The molecule has 0 unspecified atom stereocenters. The number of amides is 1. The summed E-state index contributed by atoms with van der Waals surface area (Å²) in [6.07, 6.45) is 5.13. The van der Waals surface area contributed by atoms with Gasteiger partial charge < -0.3 is 19.2 Å². The Morgan fingerprint density at radius 3 is 2.84 bits per heavy atom. The minimum atomic E-state index is -0.257. The fraction of sp³-hybridized carbons (Fsp3) is 0.579. The molecule has 0 aromatic heterocycles. The number of oxime groups is 1. The van der Waals surface area contributed by atoms with Crippen molar-refractivity contribution >= 4 is 11.6 Å². The molecule has 3 heterocycles. The minimum absolute atomic E-state index is 0.257. The maximum Gasteiger partial charge on any atom is 0.231 e. The van der Waals surface area contributed by atoms with Gasteiger partial charge in [-0.2, -0.15) is 0 Å². The van der Waals surface area contributed by atoms with Gasteiger partial charge in [-0.1, -0.05) is 18.5 Å². The number of hydrogen-bond acceptors (Lipinski definition) is 5. The average molecular weight is 344 g/mol. The second-order valence-electron chi connectivity index (χ2n) is 7.04. The molecule has 1 spiro atoms. The number of hydrogen-bond donors (Lipinski definition) is 0. The van der Waals surface area contributed by atoms with Crippen LogP contribution in [-0.4, -0.2) is 42.0 Å². The van der Waals surface area contributed by atoms with Gasteiger partial charge in [0.15, 0.2) is 11.5 Å². The van der Waals surface area contributed by atoms with Crippen LogP contribution in [0.4, 0.5) is 0 Å². The lowest BCUT2D eigenvalue weighted by Crippen LogP contribution is -2.46. The first-order valence-corrected chi connectivity index (χ1v) is 9.12. The van der Waals surface area contributed by atoms with Crippen LogP contribution < -0.4 is 9.47 Å². The van der Waals surface area contributed by atoms with Gasteiger partial charge in [-0.05, 0) is 24.6 Å². The van der Waals surface area contributed by atoms with E-state index < -0.39 is 0 Å². The van der Waals surface area contributed by atoms with Gasteiger partial charge in [0.1, 0.15) is 5.60 Å². The second-order valence-corrected chi connectivity index (χ2v) is 7.04. The van der Waals surface area contributed by atoms with Crippen LogP contribution in [0.15, 0.2) is 23.4 Å². The standard InChI is InChI=1S/C19H24N2O4/c1-2-3-4-18(22)21-9-7-19(8-10-21)12-15(20-25-19)14-5-6-16-17(11-14)24-13-23-16/h5-6,11H,2-4,7-10,12-13H2,1H3. The van der Waals surface area contributed by atoms with Crippen LogP contribution in [-0.2, 0) is 9.63 Å². The quantitative estimate of drug-likeness (QED) is 0.842. The number of piperidine rings is 1. The first kappa shape index (κ1) is 16.2. The molecule has 3 aliphatic heterocycles. The molecule has 1 amide bonds. The van der Waals surface area contributed by atoms with Crippen molar-refractivity contribution in [3.63, 3.8) is 0 Å². The zero-order chi connectivity index (χ0) is 17.3. The summed E-state index contributed by atoms with van der Waals surface area (Å²) in [5.41, 5.74) is 1.71. The van der Waals surface area contributed by atoms with Gasteiger partial charge >= 0.3 is 0 Å². The maximum absolute atomic E-state index is 12.2. The Bertz CT molecular complexity index is 693. The van der Waals surface area contributed by atoms with E-state index in [1.165, 1.54) is 0 Å². The summed E-state index contributed by atoms with van der Waals surface area (Å²) in [5, 5.41) is 4.34. The van der Waals surface area contributed by atoms with E-state index >= 15 is 0 Å². The van der Waals surface area contributed by atoms with Gasteiger partial charge in [-0.3, -0.25) is 4.79 Å². The molecule has 0 radical (unpaired) electrons. The molecule has 25 heavy (non-hydrogen) atoms. The Balaban J connectivity index is 1.37. The monoisotopic (exact) mass is 344 g/mol. The molecule has 4 rings (SSSR count). The zero-order valence-electron chi connectivity index (χ0n) is 14.6. The summed E-state index contributed by atoms with van der Waals surface area (Å²) in [6, 6.07) is 5.88.